The number of aromatic nitrogens is 1. The van der Waals surface area contributed by atoms with E-state index in [1.54, 1.807) is 6.07 Å². The van der Waals surface area contributed by atoms with Crippen LogP contribution in [0.15, 0.2) is 30.3 Å². The summed E-state index contributed by atoms with van der Waals surface area (Å²) in [6, 6.07) is 11.5. The number of hydrogen-bond donors (Lipinski definition) is 0. The largest absolute Gasteiger partial charge is 0.476 e. The van der Waals surface area contributed by atoms with Gasteiger partial charge in [0.25, 0.3) is 0 Å². The van der Waals surface area contributed by atoms with Crippen molar-refractivity contribution in [3.05, 3.63) is 35.9 Å². The van der Waals surface area contributed by atoms with Crippen molar-refractivity contribution in [1.29, 1.82) is 5.26 Å². The molecule has 0 N–H and O–H groups in total. The molecule has 0 bridgehead atoms. The Morgan fingerprint density at radius 2 is 2.00 bits per heavy atom. The van der Waals surface area contributed by atoms with Gasteiger partial charge < -0.3 is 9.64 Å². The Morgan fingerprint density at radius 3 is 2.70 bits per heavy atom. The Bertz CT molecular complexity index is 615. The number of ether oxygens (including phenoxy) is 1. The van der Waals surface area contributed by atoms with Crippen LogP contribution < -0.4 is 4.74 Å². The number of fused-ring (bicyclic) bond motifs is 1. The zero-order valence-corrected chi connectivity index (χ0v) is 12.0. The van der Waals surface area contributed by atoms with Crippen LogP contribution in [0, 0.1) is 11.3 Å². The van der Waals surface area contributed by atoms with Gasteiger partial charge in [-0.2, -0.15) is 5.26 Å². The van der Waals surface area contributed by atoms with Crippen LogP contribution in [0.4, 0.5) is 0 Å². The van der Waals surface area contributed by atoms with E-state index in [1.165, 1.54) is 0 Å². The van der Waals surface area contributed by atoms with E-state index in [-0.39, 0.29) is 0 Å². The number of likely N-dealkylation sites (N-methyl/N-ethyl adjacent to an activating group) is 1. The number of nitrogens with zero attached hydrogens (tertiary/aromatic N) is 3. The molecule has 0 unspecified atom stereocenters. The molecule has 20 heavy (non-hydrogen) atoms. The first-order valence-corrected chi connectivity index (χ1v) is 6.93. The van der Waals surface area contributed by atoms with Gasteiger partial charge in [0.1, 0.15) is 12.7 Å². The zero-order chi connectivity index (χ0) is 14.4. The van der Waals surface area contributed by atoms with Gasteiger partial charge in [0.15, 0.2) is 0 Å². The average Bonchev–Trinajstić information content (AvgIpc) is 2.50. The Kier molecular flexibility index (Phi) is 4.91. The minimum absolute atomic E-state index is 0.521. The fourth-order valence-corrected chi connectivity index (χ4v) is 2.14. The summed E-state index contributed by atoms with van der Waals surface area (Å²) >= 11 is 0. The van der Waals surface area contributed by atoms with Crippen LogP contribution in [0.25, 0.3) is 10.9 Å². The molecule has 104 valence electrons. The Balaban J connectivity index is 2.13. The summed E-state index contributed by atoms with van der Waals surface area (Å²) in [6.45, 7) is 7.72. The third kappa shape index (κ3) is 3.25. The number of hydrogen-bond acceptors (Lipinski definition) is 4. The molecule has 0 aliphatic rings. The number of pyridine rings is 1. The van der Waals surface area contributed by atoms with E-state index < -0.39 is 0 Å². The summed E-state index contributed by atoms with van der Waals surface area (Å²) in [5.41, 5.74) is 1.40. The molecule has 0 atom stereocenters. The maximum atomic E-state index is 9.21. The molecule has 4 nitrogen and oxygen atoms in total. The third-order valence-corrected chi connectivity index (χ3v) is 3.37. The molecule has 2 rings (SSSR count). The maximum Gasteiger partial charge on any atom is 0.215 e. The molecule has 1 aromatic heterocycles. The van der Waals surface area contributed by atoms with Crippen LogP contribution in [0.2, 0.25) is 0 Å². The predicted molar refractivity (Wildman–Crippen MR) is 79.7 cm³/mol. The van der Waals surface area contributed by atoms with Gasteiger partial charge >= 0.3 is 0 Å². The van der Waals surface area contributed by atoms with Crippen LogP contribution in [-0.2, 0) is 0 Å². The lowest BCUT2D eigenvalue weighted by Gasteiger charge is -2.17. The SMILES string of the molecule is CCN(CC)CCOc1cc(C#N)c2ccccc2n1. The molecule has 0 saturated carbocycles. The number of rotatable bonds is 6. The summed E-state index contributed by atoms with van der Waals surface area (Å²) in [5, 5.41) is 10.1. The van der Waals surface area contributed by atoms with Gasteiger partial charge in [0.05, 0.1) is 11.1 Å². The van der Waals surface area contributed by atoms with Gasteiger partial charge in [-0.25, -0.2) is 4.98 Å². The van der Waals surface area contributed by atoms with Crippen molar-refractivity contribution in [2.24, 2.45) is 0 Å². The van der Waals surface area contributed by atoms with Crippen molar-refractivity contribution in [1.82, 2.24) is 9.88 Å². The van der Waals surface area contributed by atoms with Gasteiger partial charge in [-0.3, -0.25) is 0 Å². The monoisotopic (exact) mass is 269 g/mol. The standard InChI is InChI=1S/C16H19N3O/c1-3-19(4-2)9-10-20-16-11-13(12-17)14-7-5-6-8-15(14)18-16/h5-8,11H,3-4,9-10H2,1-2H3. The van der Waals surface area contributed by atoms with E-state index in [0.29, 0.717) is 18.1 Å². The lowest BCUT2D eigenvalue weighted by atomic mass is 10.1. The highest BCUT2D eigenvalue weighted by molar-refractivity contribution is 5.85. The second-order valence-corrected chi connectivity index (χ2v) is 4.51. The Morgan fingerprint density at radius 1 is 1.25 bits per heavy atom. The lowest BCUT2D eigenvalue weighted by molar-refractivity contribution is 0.218. The molecule has 0 amide bonds. The van der Waals surface area contributed by atoms with Gasteiger partial charge in [-0.1, -0.05) is 32.0 Å². The first kappa shape index (κ1) is 14.3. The minimum atomic E-state index is 0.521. The summed E-state index contributed by atoms with van der Waals surface area (Å²) in [4.78, 5) is 6.72. The zero-order valence-electron chi connectivity index (χ0n) is 12.0. The molecule has 0 aliphatic carbocycles. The smallest absolute Gasteiger partial charge is 0.215 e. The van der Waals surface area contributed by atoms with Gasteiger partial charge in [-0.05, 0) is 19.2 Å². The summed E-state index contributed by atoms with van der Waals surface area (Å²) in [6.07, 6.45) is 0. The molecule has 0 spiro atoms. The predicted octanol–water partition coefficient (Wildman–Crippen LogP) is 2.83. The molecule has 0 aliphatic heterocycles. The molecule has 4 heteroatoms. The molecule has 0 saturated heterocycles. The molecule has 0 fully saturated rings. The molecular weight excluding hydrogens is 250 g/mol. The quantitative estimate of drug-likeness (QED) is 0.809. The van der Waals surface area contributed by atoms with Gasteiger partial charge in [0.2, 0.25) is 5.88 Å². The average molecular weight is 269 g/mol. The fraction of sp³-hybridized carbons (Fsp3) is 0.375. The maximum absolute atomic E-state index is 9.21. The van der Waals surface area contributed by atoms with Crippen LogP contribution in [0.3, 0.4) is 0 Å². The van der Waals surface area contributed by atoms with Gasteiger partial charge in [0, 0.05) is 18.0 Å². The Hall–Kier alpha value is -2.12. The highest BCUT2D eigenvalue weighted by Crippen LogP contribution is 2.21. The van der Waals surface area contributed by atoms with Crippen molar-refractivity contribution >= 4 is 10.9 Å². The van der Waals surface area contributed by atoms with Crippen LogP contribution in [0.1, 0.15) is 19.4 Å². The van der Waals surface area contributed by atoms with E-state index in [1.807, 2.05) is 24.3 Å². The molecule has 2 aromatic rings. The van der Waals surface area contributed by atoms with E-state index >= 15 is 0 Å². The van der Waals surface area contributed by atoms with Crippen molar-refractivity contribution in [2.45, 2.75) is 13.8 Å². The third-order valence-electron chi connectivity index (χ3n) is 3.37. The first-order chi connectivity index (χ1) is 9.78. The lowest BCUT2D eigenvalue weighted by Crippen LogP contribution is -2.28. The van der Waals surface area contributed by atoms with Crippen molar-refractivity contribution in [3.8, 4) is 11.9 Å². The van der Waals surface area contributed by atoms with E-state index in [0.717, 1.165) is 30.5 Å². The van der Waals surface area contributed by atoms with Crippen LogP contribution in [-0.4, -0.2) is 36.1 Å². The minimum Gasteiger partial charge on any atom is -0.476 e. The molecule has 1 heterocycles. The highest BCUT2D eigenvalue weighted by Gasteiger charge is 2.06. The molecular formula is C16H19N3O. The fourth-order valence-electron chi connectivity index (χ4n) is 2.14. The number of para-hydroxylation sites is 1. The van der Waals surface area contributed by atoms with Crippen LogP contribution in [0.5, 0.6) is 5.88 Å². The van der Waals surface area contributed by atoms with E-state index in [2.05, 4.69) is 29.8 Å². The first-order valence-electron chi connectivity index (χ1n) is 6.93. The van der Waals surface area contributed by atoms with E-state index in [9.17, 15) is 5.26 Å². The number of nitriles is 1. The van der Waals surface area contributed by atoms with E-state index in [4.69, 9.17) is 4.74 Å². The normalized spacial score (nSPS) is 10.7. The summed E-state index contributed by atoms with van der Waals surface area (Å²) < 4.78 is 5.69. The summed E-state index contributed by atoms with van der Waals surface area (Å²) in [5.74, 6) is 0.521. The number of benzene rings is 1. The van der Waals surface area contributed by atoms with Gasteiger partial charge in [-0.15, -0.1) is 0 Å². The highest BCUT2D eigenvalue weighted by atomic mass is 16.5. The van der Waals surface area contributed by atoms with Crippen molar-refractivity contribution in [3.63, 3.8) is 0 Å². The Labute approximate surface area is 119 Å². The second kappa shape index (κ2) is 6.88. The van der Waals surface area contributed by atoms with Crippen LogP contribution >= 0.6 is 0 Å². The second-order valence-electron chi connectivity index (χ2n) is 4.51. The van der Waals surface area contributed by atoms with Crippen molar-refractivity contribution < 1.29 is 4.74 Å². The topological polar surface area (TPSA) is 49.1 Å². The van der Waals surface area contributed by atoms with Crippen molar-refractivity contribution in [2.75, 3.05) is 26.2 Å². The summed E-state index contributed by atoms with van der Waals surface area (Å²) in [7, 11) is 0. The molecule has 1 aromatic carbocycles. The molecule has 0 radical (unpaired) electrons.